The van der Waals surface area contributed by atoms with Crippen molar-refractivity contribution in [3.8, 4) is 11.5 Å². The van der Waals surface area contributed by atoms with Gasteiger partial charge in [0.2, 0.25) is 5.91 Å². The number of halogens is 2. The molecule has 0 bridgehead atoms. The predicted octanol–water partition coefficient (Wildman–Crippen LogP) is 7.54. The molecule has 3 amide bonds. The van der Waals surface area contributed by atoms with Gasteiger partial charge in [0.05, 0.1) is 30.2 Å². The summed E-state index contributed by atoms with van der Waals surface area (Å²) >= 11 is 13.5. The number of amides is 3. The number of benzene rings is 4. The first-order valence-corrected chi connectivity index (χ1v) is 14.9. The molecule has 0 saturated carbocycles. The number of hydrogen-bond acceptors (Lipinski definition) is 6. The number of anilines is 2. The molecule has 4 aromatic rings. The molecule has 3 N–H and O–H groups in total. The van der Waals surface area contributed by atoms with Gasteiger partial charge in [0.15, 0.2) is 0 Å². The number of nitrogens with one attached hydrogen (secondary N) is 3. The first-order chi connectivity index (χ1) is 21.2. The molecule has 0 aromatic heterocycles. The molecule has 1 unspecified atom stereocenters. The van der Waals surface area contributed by atoms with Crippen LogP contribution in [-0.2, 0) is 9.59 Å². The summed E-state index contributed by atoms with van der Waals surface area (Å²) in [5.74, 6) is -0.255. The van der Waals surface area contributed by atoms with Crippen molar-refractivity contribution < 1.29 is 23.9 Å². The lowest BCUT2D eigenvalue weighted by Gasteiger charge is -2.15. The van der Waals surface area contributed by atoms with E-state index in [1.165, 1.54) is 32.1 Å². The molecule has 0 heterocycles. The quantitative estimate of drug-likeness (QED) is 0.114. The van der Waals surface area contributed by atoms with Crippen LogP contribution in [0.3, 0.4) is 0 Å². The van der Waals surface area contributed by atoms with E-state index < -0.39 is 17.1 Å². The van der Waals surface area contributed by atoms with Gasteiger partial charge in [-0.25, -0.2) is 0 Å². The van der Waals surface area contributed by atoms with Crippen LogP contribution in [0.5, 0.6) is 11.5 Å². The molecule has 0 spiro atoms. The highest BCUT2D eigenvalue weighted by molar-refractivity contribution is 8.00. The summed E-state index contributed by atoms with van der Waals surface area (Å²) in [5.41, 5.74) is 1.81. The summed E-state index contributed by atoms with van der Waals surface area (Å²) in [6.07, 6.45) is 1.53. The van der Waals surface area contributed by atoms with Crippen molar-refractivity contribution in [2.75, 3.05) is 24.9 Å². The van der Waals surface area contributed by atoms with Gasteiger partial charge in [-0.05, 0) is 73.7 Å². The normalized spacial score (nSPS) is 11.7. The van der Waals surface area contributed by atoms with Gasteiger partial charge >= 0.3 is 0 Å². The Morgan fingerprint density at radius 1 is 0.841 bits per heavy atom. The fourth-order valence-corrected chi connectivity index (χ4v) is 5.23. The van der Waals surface area contributed by atoms with Crippen LogP contribution in [0.15, 0.2) is 102 Å². The molecule has 1 atom stereocenters. The second-order valence-electron chi connectivity index (χ2n) is 9.34. The number of carbonyl (C=O) groups is 3. The van der Waals surface area contributed by atoms with Gasteiger partial charge in [0, 0.05) is 32.8 Å². The Morgan fingerprint density at radius 2 is 1.61 bits per heavy atom. The number of methoxy groups -OCH3 is 2. The van der Waals surface area contributed by atoms with Crippen molar-refractivity contribution in [2.45, 2.75) is 17.1 Å². The summed E-state index contributed by atoms with van der Waals surface area (Å²) in [6, 6.07) is 25.6. The van der Waals surface area contributed by atoms with Gasteiger partial charge in [-0.3, -0.25) is 14.4 Å². The molecule has 4 aromatic carbocycles. The van der Waals surface area contributed by atoms with Crippen LogP contribution < -0.4 is 25.4 Å². The Kier molecular flexibility index (Phi) is 11.3. The lowest BCUT2D eigenvalue weighted by molar-refractivity contribution is -0.115. The van der Waals surface area contributed by atoms with Crippen LogP contribution in [0.2, 0.25) is 10.0 Å². The zero-order valence-electron chi connectivity index (χ0n) is 24.0. The van der Waals surface area contributed by atoms with E-state index in [1.54, 1.807) is 91.9 Å². The molecule has 226 valence electrons. The predicted molar refractivity (Wildman–Crippen MR) is 177 cm³/mol. The third-order valence-corrected chi connectivity index (χ3v) is 7.89. The molecule has 4 rings (SSSR count). The van der Waals surface area contributed by atoms with Crippen molar-refractivity contribution >= 4 is 70.1 Å². The molecule has 0 saturated heterocycles. The monoisotopic (exact) mass is 649 g/mol. The van der Waals surface area contributed by atoms with E-state index in [2.05, 4.69) is 16.0 Å². The van der Waals surface area contributed by atoms with Gasteiger partial charge in [0.1, 0.15) is 17.2 Å². The summed E-state index contributed by atoms with van der Waals surface area (Å²) in [5, 5.41) is 8.68. The summed E-state index contributed by atoms with van der Waals surface area (Å²) in [7, 11) is 3.04. The van der Waals surface area contributed by atoms with Gasteiger partial charge in [-0.2, -0.15) is 0 Å². The number of hydrogen-bond donors (Lipinski definition) is 3. The molecule has 8 nitrogen and oxygen atoms in total. The van der Waals surface area contributed by atoms with Crippen molar-refractivity contribution in [3.05, 3.63) is 118 Å². The number of thioether (sulfide) groups is 1. The maximum Gasteiger partial charge on any atom is 0.272 e. The lowest BCUT2D eigenvalue weighted by atomic mass is 10.1. The fraction of sp³-hybridized carbons (Fsp3) is 0.121. The maximum absolute atomic E-state index is 13.6. The molecule has 0 aliphatic heterocycles. The highest BCUT2D eigenvalue weighted by Gasteiger charge is 2.19. The summed E-state index contributed by atoms with van der Waals surface area (Å²) in [6.45, 7) is 1.76. The molecular formula is C33H29Cl2N3O5S. The van der Waals surface area contributed by atoms with Crippen molar-refractivity contribution in [2.24, 2.45) is 0 Å². The van der Waals surface area contributed by atoms with E-state index in [-0.39, 0.29) is 11.6 Å². The maximum atomic E-state index is 13.6. The zero-order chi connectivity index (χ0) is 31.6. The first-order valence-electron chi connectivity index (χ1n) is 13.3. The van der Waals surface area contributed by atoms with Crippen LogP contribution in [0.1, 0.15) is 22.8 Å². The van der Waals surface area contributed by atoms with Crippen LogP contribution in [0.25, 0.3) is 6.08 Å². The first kappa shape index (κ1) is 32.5. The Bertz CT molecular complexity index is 1700. The topological polar surface area (TPSA) is 106 Å². The van der Waals surface area contributed by atoms with Crippen molar-refractivity contribution in [1.29, 1.82) is 0 Å². The summed E-state index contributed by atoms with van der Waals surface area (Å²) < 4.78 is 10.8. The Balaban J connectivity index is 1.53. The number of rotatable bonds is 11. The Morgan fingerprint density at radius 3 is 2.34 bits per heavy atom. The smallest absolute Gasteiger partial charge is 0.272 e. The molecule has 0 aliphatic rings. The van der Waals surface area contributed by atoms with Crippen LogP contribution in [0, 0.1) is 0 Å². The van der Waals surface area contributed by atoms with Gasteiger partial charge in [-0.1, -0.05) is 47.5 Å². The fourth-order valence-electron chi connectivity index (χ4n) is 3.97. The molecule has 0 radical (unpaired) electrons. The average Bonchev–Trinajstić information content (AvgIpc) is 3.03. The van der Waals surface area contributed by atoms with Gasteiger partial charge in [0.25, 0.3) is 11.8 Å². The zero-order valence-corrected chi connectivity index (χ0v) is 26.3. The average molecular weight is 651 g/mol. The van der Waals surface area contributed by atoms with E-state index in [0.717, 1.165) is 4.90 Å². The Labute approximate surface area is 269 Å². The third kappa shape index (κ3) is 8.79. The molecule has 44 heavy (non-hydrogen) atoms. The third-order valence-electron chi connectivity index (χ3n) is 6.23. The lowest BCUT2D eigenvalue weighted by Crippen LogP contribution is -2.30. The summed E-state index contributed by atoms with van der Waals surface area (Å²) in [4.78, 5) is 40.2. The van der Waals surface area contributed by atoms with E-state index in [4.69, 9.17) is 32.7 Å². The second kappa shape index (κ2) is 15.3. The van der Waals surface area contributed by atoms with Crippen molar-refractivity contribution in [1.82, 2.24) is 5.32 Å². The van der Waals surface area contributed by atoms with Crippen LogP contribution >= 0.6 is 35.0 Å². The van der Waals surface area contributed by atoms with Crippen LogP contribution in [0.4, 0.5) is 11.4 Å². The number of carbonyl (C=O) groups excluding carboxylic acids is 3. The van der Waals surface area contributed by atoms with E-state index >= 15 is 0 Å². The minimum Gasteiger partial charge on any atom is -0.497 e. The van der Waals surface area contributed by atoms with Crippen LogP contribution in [-0.4, -0.2) is 37.2 Å². The molecular weight excluding hydrogens is 621 g/mol. The highest BCUT2D eigenvalue weighted by Crippen LogP contribution is 2.30. The minimum atomic E-state index is -0.560. The molecule has 0 aliphatic carbocycles. The SMILES string of the molecule is COc1ccc(/C=C(/NC(=O)c2ccccc2)C(=O)Nc2cccc(SC(C)C(=O)Nc3cc(Cl)ccc3Cl)c2)c(OC)c1. The van der Waals surface area contributed by atoms with Crippen molar-refractivity contribution in [3.63, 3.8) is 0 Å². The van der Waals surface area contributed by atoms with Gasteiger partial charge < -0.3 is 25.4 Å². The Hall–Kier alpha value is -4.44. The minimum absolute atomic E-state index is 0.00785. The standard InChI is InChI=1S/C33H29Cl2N3O5S/c1-20(31(39)37-28-17-23(34)13-15-27(28)35)44-26-11-7-10-24(18-26)36-33(41)29(38-32(40)21-8-5-4-6-9-21)16-22-12-14-25(42-2)19-30(22)43-3/h4-20H,1-3H3,(H,36,41)(H,37,39)(H,38,40)/b29-16+. The van der Waals surface area contributed by atoms with Gasteiger partial charge in [-0.15, -0.1) is 11.8 Å². The van der Waals surface area contributed by atoms with E-state index in [9.17, 15) is 14.4 Å². The molecule has 0 fully saturated rings. The second-order valence-corrected chi connectivity index (χ2v) is 11.6. The van der Waals surface area contributed by atoms with E-state index in [0.29, 0.717) is 44.0 Å². The largest absolute Gasteiger partial charge is 0.497 e. The van der Waals surface area contributed by atoms with E-state index in [1.807, 2.05) is 6.07 Å². The molecule has 11 heteroatoms. The highest BCUT2D eigenvalue weighted by atomic mass is 35.5. The number of ether oxygens (including phenoxy) is 2.